The van der Waals surface area contributed by atoms with E-state index in [1.165, 1.54) is 11.3 Å². The molecular weight excluding hydrogens is 324 g/mol. The molecule has 0 aliphatic carbocycles. The Bertz CT molecular complexity index is 765. The molecule has 0 saturated carbocycles. The Balaban J connectivity index is 1.60. The van der Waals surface area contributed by atoms with Crippen molar-refractivity contribution in [2.24, 2.45) is 0 Å². The molecule has 3 rings (SSSR count). The lowest BCUT2D eigenvalue weighted by molar-refractivity contribution is -0.138. The van der Waals surface area contributed by atoms with Gasteiger partial charge in [0.25, 0.3) is 5.91 Å². The van der Waals surface area contributed by atoms with Crippen molar-refractivity contribution in [3.05, 3.63) is 59.2 Å². The predicted molar refractivity (Wildman–Crippen MR) is 106 cm³/mol. The van der Waals surface area contributed by atoms with E-state index in [9.17, 15) is 4.79 Å². The second-order valence-electron chi connectivity index (χ2n) is 7.11. The van der Waals surface area contributed by atoms with Crippen molar-refractivity contribution < 1.29 is 9.53 Å². The van der Waals surface area contributed by atoms with Crippen LogP contribution in [-0.4, -0.2) is 43.1 Å². The number of rotatable bonds is 4. The lowest BCUT2D eigenvalue weighted by Gasteiger charge is -2.37. The number of benzene rings is 2. The summed E-state index contributed by atoms with van der Waals surface area (Å²) in [6.45, 7) is 11.2. The van der Waals surface area contributed by atoms with Crippen molar-refractivity contribution in [1.82, 2.24) is 4.90 Å². The second kappa shape index (κ2) is 7.81. The van der Waals surface area contributed by atoms with Gasteiger partial charge in [-0.1, -0.05) is 24.3 Å². The number of amides is 1. The fraction of sp³-hybridized carbons (Fsp3) is 0.409. The van der Waals surface area contributed by atoms with Crippen molar-refractivity contribution in [3.8, 4) is 5.75 Å². The normalized spacial score (nSPS) is 15.7. The van der Waals surface area contributed by atoms with Crippen molar-refractivity contribution in [2.75, 3.05) is 31.1 Å². The van der Waals surface area contributed by atoms with Crippen molar-refractivity contribution in [2.45, 2.75) is 33.8 Å². The van der Waals surface area contributed by atoms with Crippen LogP contribution in [-0.2, 0) is 4.79 Å². The lowest BCUT2D eigenvalue weighted by Crippen LogP contribution is -2.52. The summed E-state index contributed by atoms with van der Waals surface area (Å²) >= 11 is 0. The third kappa shape index (κ3) is 4.01. The van der Waals surface area contributed by atoms with Gasteiger partial charge in [0.05, 0.1) is 0 Å². The van der Waals surface area contributed by atoms with E-state index in [2.05, 4.69) is 49.1 Å². The summed E-state index contributed by atoms with van der Waals surface area (Å²) < 4.78 is 6.03. The average molecular weight is 352 g/mol. The van der Waals surface area contributed by atoms with E-state index in [0.29, 0.717) is 0 Å². The van der Waals surface area contributed by atoms with Crippen LogP contribution in [0.25, 0.3) is 0 Å². The van der Waals surface area contributed by atoms with Gasteiger partial charge < -0.3 is 14.5 Å². The zero-order valence-electron chi connectivity index (χ0n) is 16.2. The predicted octanol–water partition coefficient (Wildman–Crippen LogP) is 3.73. The minimum absolute atomic E-state index is 0.0660. The molecule has 1 fully saturated rings. The topological polar surface area (TPSA) is 32.8 Å². The second-order valence-corrected chi connectivity index (χ2v) is 7.11. The van der Waals surface area contributed by atoms with Gasteiger partial charge in [-0.25, -0.2) is 0 Å². The molecule has 138 valence electrons. The largest absolute Gasteiger partial charge is 0.481 e. The summed E-state index contributed by atoms with van der Waals surface area (Å²) in [5.41, 5.74) is 4.66. The third-order valence-electron chi connectivity index (χ3n) is 5.13. The van der Waals surface area contributed by atoms with E-state index < -0.39 is 6.10 Å². The summed E-state index contributed by atoms with van der Waals surface area (Å²) in [5, 5.41) is 0. The Kier molecular flexibility index (Phi) is 5.50. The van der Waals surface area contributed by atoms with Gasteiger partial charge >= 0.3 is 0 Å². The molecule has 1 amide bonds. The highest BCUT2D eigenvalue weighted by Crippen LogP contribution is 2.25. The zero-order chi connectivity index (χ0) is 18.7. The molecule has 1 aliphatic heterocycles. The molecular formula is C22H28N2O2. The quantitative estimate of drug-likeness (QED) is 0.841. The fourth-order valence-electron chi connectivity index (χ4n) is 3.45. The highest BCUT2D eigenvalue weighted by molar-refractivity contribution is 5.81. The average Bonchev–Trinajstić information content (AvgIpc) is 2.66. The SMILES string of the molecule is Cc1cc(C)c(C)c(O[C@H](C)C(=O)N2CCN(c3ccccc3)CC2)c1. The molecule has 2 aromatic carbocycles. The molecule has 0 bridgehead atoms. The maximum Gasteiger partial charge on any atom is 0.263 e. The fourth-order valence-corrected chi connectivity index (χ4v) is 3.45. The number of anilines is 1. The maximum atomic E-state index is 12.8. The van der Waals surface area contributed by atoms with E-state index in [1.54, 1.807) is 0 Å². The van der Waals surface area contributed by atoms with Gasteiger partial charge in [0, 0.05) is 31.9 Å². The first-order chi connectivity index (χ1) is 12.5. The Hall–Kier alpha value is -2.49. The van der Waals surface area contributed by atoms with Gasteiger partial charge in [0.1, 0.15) is 5.75 Å². The van der Waals surface area contributed by atoms with Crippen LogP contribution in [0.1, 0.15) is 23.6 Å². The molecule has 4 nitrogen and oxygen atoms in total. The molecule has 4 heteroatoms. The first kappa shape index (κ1) is 18.3. The van der Waals surface area contributed by atoms with E-state index >= 15 is 0 Å². The van der Waals surface area contributed by atoms with Crippen LogP contribution in [0.3, 0.4) is 0 Å². The number of aryl methyl sites for hydroxylation is 2. The molecule has 0 radical (unpaired) electrons. The van der Waals surface area contributed by atoms with Crippen LogP contribution < -0.4 is 9.64 Å². The number of hydrogen-bond acceptors (Lipinski definition) is 3. The van der Waals surface area contributed by atoms with E-state index in [-0.39, 0.29) is 5.91 Å². The standard InChI is InChI=1S/C22H28N2O2/c1-16-14-17(2)18(3)21(15-16)26-19(4)22(25)24-12-10-23(11-13-24)20-8-6-5-7-9-20/h5-9,14-15,19H,10-13H2,1-4H3/t19-/m1/s1. The van der Waals surface area contributed by atoms with Crippen LogP contribution in [0.5, 0.6) is 5.75 Å². The smallest absolute Gasteiger partial charge is 0.263 e. The number of ether oxygens (including phenoxy) is 1. The van der Waals surface area contributed by atoms with E-state index in [1.807, 2.05) is 30.9 Å². The number of carbonyl (C=O) groups is 1. The monoisotopic (exact) mass is 352 g/mol. The van der Waals surface area contributed by atoms with Gasteiger partial charge in [-0.05, 0) is 62.6 Å². The van der Waals surface area contributed by atoms with Crippen molar-refractivity contribution >= 4 is 11.6 Å². The van der Waals surface area contributed by atoms with Gasteiger partial charge in [-0.3, -0.25) is 4.79 Å². The molecule has 0 unspecified atom stereocenters. The highest BCUT2D eigenvalue weighted by Gasteiger charge is 2.26. The third-order valence-corrected chi connectivity index (χ3v) is 5.13. The lowest BCUT2D eigenvalue weighted by atomic mass is 10.1. The number of nitrogens with zero attached hydrogens (tertiary/aromatic N) is 2. The molecule has 0 N–H and O–H groups in total. The molecule has 1 aliphatic rings. The Morgan fingerprint density at radius 3 is 2.31 bits per heavy atom. The Morgan fingerprint density at radius 1 is 1.00 bits per heavy atom. The van der Waals surface area contributed by atoms with Crippen LogP contribution in [0.15, 0.2) is 42.5 Å². The Morgan fingerprint density at radius 2 is 1.65 bits per heavy atom. The summed E-state index contributed by atoms with van der Waals surface area (Å²) in [6.07, 6.45) is -0.474. The van der Waals surface area contributed by atoms with E-state index in [4.69, 9.17) is 4.74 Å². The number of piperazine rings is 1. The van der Waals surface area contributed by atoms with Crippen molar-refractivity contribution in [3.63, 3.8) is 0 Å². The minimum Gasteiger partial charge on any atom is -0.481 e. The summed E-state index contributed by atoms with van der Waals surface area (Å²) in [5.74, 6) is 0.877. The molecule has 2 aromatic rings. The van der Waals surface area contributed by atoms with Crippen molar-refractivity contribution in [1.29, 1.82) is 0 Å². The van der Waals surface area contributed by atoms with Crippen LogP contribution in [0.2, 0.25) is 0 Å². The molecule has 1 heterocycles. The summed E-state index contributed by atoms with van der Waals surface area (Å²) in [4.78, 5) is 17.1. The van der Waals surface area contributed by atoms with Gasteiger partial charge in [-0.15, -0.1) is 0 Å². The highest BCUT2D eigenvalue weighted by atomic mass is 16.5. The van der Waals surface area contributed by atoms with E-state index in [0.717, 1.165) is 43.1 Å². The Labute approximate surface area is 156 Å². The molecule has 26 heavy (non-hydrogen) atoms. The zero-order valence-corrected chi connectivity index (χ0v) is 16.2. The number of para-hydroxylation sites is 1. The first-order valence-corrected chi connectivity index (χ1v) is 9.29. The van der Waals surface area contributed by atoms with Crippen LogP contribution in [0.4, 0.5) is 5.69 Å². The molecule has 1 atom stereocenters. The van der Waals surface area contributed by atoms with Crippen LogP contribution in [0, 0.1) is 20.8 Å². The minimum atomic E-state index is -0.474. The molecule has 1 saturated heterocycles. The first-order valence-electron chi connectivity index (χ1n) is 9.29. The van der Waals surface area contributed by atoms with Gasteiger partial charge in [0.15, 0.2) is 6.10 Å². The van der Waals surface area contributed by atoms with Gasteiger partial charge in [-0.2, -0.15) is 0 Å². The number of carbonyl (C=O) groups excluding carboxylic acids is 1. The summed E-state index contributed by atoms with van der Waals surface area (Å²) in [7, 11) is 0. The maximum absolute atomic E-state index is 12.8. The summed E-state index contributed by atoms with van der Waals surface area (Å²) in [6, 6.07) is 14.5. The molecule has 0 aromatic heterocycles. The number of hydrogen-bond donors (Lipinski definition) is 0. The van der Waals surface area contributed by atoms with Gasteiger partial charge in [0.2, 0.25) is 0 Å². The van der Waals surface area contributed by atoms with Crippen LogP contribution >= 0.6 is 0 Å². The molecule has 0 spiro atoms.